The summed E-state index contributed by atoms with van der Waals surface area (Å²) in [6, 6.07) is 9.08. The van der Waals surface area contributed by atoms with E-state index in [1.165, 1.54) is 11.3 Å². The Morgan fingerprint density at radius 3 is 2.66 bits per heavy atom. The molecule has 0 fully saturated rings. The van der Waals surface area contributed by atoms with Crippen LogP contribution >= 0.6 is 11.3 Å². The van der Waals surface area contributed by atoms with Crippen molar-refractivity contribution in [1.82, 2.24) is 15.1 Å². The first-order valence-corrected chi connectivity index (χ1v) is 10.2. The van der Waals surface area contributed by atoms with Crippen LogP contribution in [0.25, 0.3) is 0 Å². The summed E-state index contributed by atoms with van der Waals surface area (Å²) in [6.07, 6.45) is 0.682. The molecule has 4 rings (SSSR count). The molecule has 0 bridgehead atoms. The Balaban J connectivity index is 1.52. The zero-order valence-electron chi connectivity index (χ0n) is 16.6. The number of carbonyl (C=O) groups excluding carboxylic acids is 2. The van der Waals surface area contributed by atoms with Gasteiger partial charge in [-0.2, -0.15) is 0 Å². The van der Waals surface area contributed by atoms with Crippen molar-refractivity contribution in [3.05, 3.63) is 57.4 Å². The van der Waals surface area contributed by atoms with Crippen molar-refractivity contribution in [2.45, 2.75) is 12.5 Å². The Bertz CT molecular complexity index is 970. The number of hydrogen-bond donors (Lipinski definition) is 1. The fraction of sp³-hybridized carbons (Fsp3) is 0.333. The van der Waals surface area contributed by atoms with Gasteiger partial charge in [-0.05, 0) is 35.6 Å². The van der Waals surface area contributed by atoms with Gasteiger partial charge < -0.3 is 19.7 Å². The lowest BCUT2D eigenvalue weighted by molar-refractivity contribution is -0.125. The molecule has 0 spiro atoms. The Morgan fingerprint density at radius 2 is 1.97 bits per heavy atom. The Labute approximate surface area is 173 Å². The second-order valence-corrected chi connectivity index (χ2v) is 7.96. The molecule has 2 aromatic rings. The highest BCUT2D eigenvalue weighted by molar-refractivity contribution is 7.10. The third kappa shape index (κ3) is 3.44. The van der Waals surface area contributed by atoms with Gasteiger partial charge in [0.2, 0.25) is 0 Å². The third-order valence-corrected chi connectivity index (χ3v) is 6.32. The normalized spacial score (nSPS) is 18.8. The van der Waals surface area contributed by atoms with Gasteiger partial charge in [0.15, 0.2) is 11.5 Å². The summed E-state index contributed by atoms with van der Waals surface area (Å²) in [7, 11) is 4.92. The average molecular weight is 413 g/mol. The van der Waals surface area contributed by atoms with Gasteiger partial charge >= 0.3 is 6.03 Å². The van der Waals surface area contributed by atoms with Gasteiger partial charge in [-0.3, -0.25) is 9.69 Å². The van der Waals surface area contributed by atoms with Crippen LogP contribution in [0.5, 0.6) is 11.5 Å². The van der Waals surface area contributed by atoms with E-state index < -0.39 is 0 Å². The van der Waals surface area contributed by atoms with Crippen LogP contribution in [-0.2, 0) is 11.2 Å². The SMILES string of the molecule is COc1ccc(CCN2CC3=C(C2=O)[C@@H](c2cccs2)NC(=O)N3C)cc1OC. The first-order chi connectivity index (χ1) is 14.0. The summed E-state index contributed by atoms with van der Waals surface area (Å²) in [6.45, 7) is 0.994. The molecule has 152 valence electrons. The molecule has 0 unspecified atom stereocenters. The van der Waals surface area contributed by atoms with Crippen LogP contribution in [0.3, 0.4) is 0 Å². The number of likely N-dealkylation sites (N-methyl/N-ethyl adjacent to an activating group) is 1. The number of benzene rings is 1. The molecule has 8 heteroatoms. The summed E-state index contributed by atoms with van der Waals surface area (Å²) < 4.78 is 10.6. The Morgan fingerprint density at radius 1 is 1.17 bits per heavy atom. The number of urea groups is 1. The van der Waals surface area contributed by atoms with E-state index in [1.54, 1.807) is 31.1 Å². The van der Waals surface area contributed by atoms with E-state index >= 15 is 0 Å². The summed E-state index contributed by atoms with van der Waals surface area (Å²) >= 11 is 1.54. The minimum absolute atomic E-state index is 0.0225. The van der Waals surface area contributed by atoms with Gasteiger partial charge in [-0.25, -0.2) is 4.79 Å². The van der Waals surface area contributed by atoms with Crippen molar-refractivity contribution in [3.63, 3.8) is 0 Å². The molecule has 0 aliphatic carbocycles. The highest BCUT2D eigenvalue weighted by atomic mass is 32.1. The van der Waals surface area contributed by atoms with Crippen molar-refractivity contribution in [2.75, 3.05) is 34.4 Å². The molecular formula is C21H23N3O4S. The predicted octanol–water partition coefficient (Wildman–Crippen LogP) is 2.80. The molecule has 7 nitrogen and oxygen atoms in total. The number of carbonyl (C=O) groups is 2. The molecule has 2 aliphatic heterocycles. The van der Waals surface area contributed by atoms with Gasteiger partial charge in [0, 0.05) is 18.5 Å². The highest BCUT2D eigenvalue weighted by Gasteiger charge is 2.42. The molecule has 29 heavy (non-hydrogen) atoms. The second-order valence-electron chi connectivity index (χ2n) is 6.98. The fourth-order valence-corrected chi connectivity index (χ4v) is 4.56. The number of thiophene rings is 1. The van der Waals surface area contributed by atoms with Gasteiger partial charge in [-0.1, -0.05) is 12.1 Å². The summed E-state index contributed by atoms with van der Waals surface area (Å²) in [5, 5.41) is 4.91. The molecule has 0 radical (unpaired) electrons. The van der Waals surface area contributed by atoms with Crippen LogP contribution < -0.4 is 14.8 Å². The molecule has 1 atom stereocenters. The maximum Gasteiger partial charge on any atom is 0.322 e. The summed E-state index contributed by atoms with van der Waals surface area (Å²) in [4.78, 5) is 29.9. The van der Waals surface area contributed by atoms with Gasteiger partial charge in [0.05, 0.1) is 38.1 Å². The maximum atomic E-state index is 13.2. The average Bonchev–Trinajstić information content (AvgIpc) is 3.38. The monoisotopic (exact) mass is 413 g/mol. The lowest BCUT2D eigenvalue weighted by Gasteiger charge is -2.30. The first kappa shape index (κ1) is 19.3. The molecule has 0 saturated carbocycles. The van der Waals surface area contributed by atoms with Gasteiger partial charge in [-0.15, -0.1) is 11.3 Å². The van der Waals surface area contributed by atoms with E-state index in [0.717, 1.165) is 16.1 Å². The number of amides is 3. The number of rotatable bonds is 6. The number of ether oxygens (including phenoxy) is 2. The van der Waals surface area contributed by atoms with E-state index in [1.807, 2.05) is 35.7 Å². The molecule has 2 aliphatic rings. The van der Waals surface area contributed by atoms with E-state index in [0.29, 0.717) is 36.6 Å². The van der Waals surface area contributed by atoms with E-state index in [9.17, 15) is 9.59 Å². The molecule has 3 amide bonds. The summed E-state index contributed by atoms with van der Waals surface area (Å²) in [5.41, 5.74) is 2.50. The van der Waals surface area contributed by atoms with Crippen LogP contribution in [0, 0.1) is 0 Å². The minimum Gasteiger partial charge on any atom is -0.493 e. The molecule has 0 saturated heterocycles. The van der Waals surface area contributed by atoms with Crippen molar-refractivity contribution in [1.29, 1.82) is 0 Å². The first-order valence-electron chi connectivity index (χ1n) is 9.34. The Kier molecular flexibility index (Phi) is 5.19. The zero-order valence-corrected chi connectivity index (χ0v) is 17.4. The lowest BCUT2D eigenvalue weighted by Crippen LogP contribution is -2.45. The largest absolute Gasteiger partial charge is 0.493 e. The van der Waals surface area contributed by atoms with Crippen molar-refractivity contribution < 1.29 is 19.1 Å². The minimum atomic E-state index is -0.382. The zero-order chi connectivity index (χ0) is 20.5. The van der Waals surface area contributed by atoms with Crippen LogP contribution in [-0.4, -0.2) is 56.1 Å². The number of hydrogen-bond acceptors (Lipinski definition) is 5. The number of nitrogens with one attached hydrogen (secondary N) is 1. The van der Waals surface area contributed by atoms with Crippen molar-refractivity contribution in [3.8, 4) is 11.5 Å². The number of nitrogens with zero attached hydrogens (tertiary/aromatic N) is 2. The van der Waals surface area contributed by atoms with Crippen LogP contribution in [0.4, 0.5) is 4.79 Å². The van der Waals surface area contributed by atoms with Gasteiger partial charge in [0.25, 0.3) is 5.91 Å². The van der Waals surface area contributed by atoms with E-state index in [2.05, 4.69) is 5.32 Å². The fourth-order valence-electron chi connectivity index (χ4n) is 3.77. The standard InChI is InChI=1S/C21H23N3O4S/c1-23-14-12-24(9-8-13-6-7-15(27-2)16(11-13)28-3)20(25)18(14)19(22-21(23)26)17-5-4-10-29-17/h4-7,10-11,19H,8-9,12H2,1-3H3,(H,22,26)/t19-/m1/s1. The van der Waals surface area contributed by atoms with Crippen molar-refractivity contribution in [2.24, 2.45) is 0 Å². The molecule has 1 aromatic carbocycles. The van der Waals surface area contributed by atoms with Gasteiger partial charge in [0.1, 0.15) is 0 Å². The second kappa shape index (κ2) is 7.79. The number of methoxy groups -OCH3 is 2. The van der Waals surface area contributed by atoms with Crippen LogP contribution in [0.15, 0.2) is 47.0 Å². The topological polar surface area (TPSA) is 71.1 Å². The Hall–Kier alpha value is -3.00. The van der Waals surface area contributed by atoms with Crippen LogP contribution in [0.2, 0.25) is 0 Å². The van der Waals surface area contributed by atoms with Crippen molar-refractivity contribution >= 4 is 23.3 Å². The predicted molar refractivity (Wildman–Crippen MR) is 110 cm³/mol. The van der Waals surface area contributed by atoms with Crippen LogP contribution in [0.1, 0.15) is 16.5 Å². The van der Waals surface area contributed by atoms with E-state index in [4.69, 9.17) is 9.47 Å². The summed E-state index contributed by atoms with van der Waals surface area (Å²) in [5.74, 6) is 1.32. The molecule has 3 heterocycles. The highest BCUT2D eigenvalue weighted by Crippen LogP contribution is 2.37. The third-order valence-electron chi connectivity index (χ3n) is 5.38. The maximum absolute atomic E-state index is 13.2. The smallest absolute Gasteiger partial charge is 0.322 e. The molecule has 1 N–H and O–H groups in total. The molecule has 1 aromatic heterocycles. The molecular weight excluding hydrogens is 390 g/mol. The lowest BCUT2D eigenvalue weighted by atomic mass is 10.0. The van der Waals surface area contributed by atoms with E-state index in [-0.39, 0.29) is 18.0 Å². The quantitative estimate of drug-likeness (QED) is 0.791.